The van der Waals surface area contributed by atoms with Gasteiger partial charge >= 0.3 is 0 Å². The lowest BCUT2D eigenvalue weighted by atomic mass is 9.88. The number of nitrogens with zero attached hydrogens (tertiary/aromatic N) is 1. The Morgan fingerprint density at radius 2 is 1.75 bits per heavy atom. The molecular formula is C19H23NO3S. The number of aryl methyl sites for hydroxylation is 1. The van der Waals surface area contributed by atoms with E-state index in [0.29, 0.717) is 6.54 Å². The highest BCUT2D eigenvalue weighted by atomic mass is 32.2. The lowest BCUT2D eigenvalue weighted by Gasteiger charge is -2.37. The van der Waals surface area contributed by atoms with Crippen LogP contribution in [0.4, 0.5) is 0 Å². The summed E-state index contributed by atoms with van der Waals surface area (Å²) in [5, 5.41) is 0. The van der Waals surface area contributed by atoms with Crippen LogP contribution in [0.25, 0.3) is 0 Å². The SMILES string of the molecule is COCCS(=O)(=O)N1CCc2ccccc2C1c1ccccc1C. The molecule has 1 unspecified atom stereocenters. The first-order valence-corrected chi connectivity index (χ1v) is 9.77. The van der Waals surface area contributed by atoms with Crippen molar-refractivity contribution in [3.05, 3.63) is 70.8 Å². The summed E-state index contributed by atoms with van der Waals surface area (Å²) in [6, 6.07) is 15.9. The summed E-state index contributed by atoms with van der Waals surface area (Å²) >= 11 is 0. The highest BCUT2D eigenvalue weighted by molar-refractivity contribution is 7.89. The first kappa shape index (κ1) is 17.1. The average molecular weight is 345 g/mol. The van der Waals surface area contributed by atoms with Gasteiger partial charge in [0.2, 0.25) is 10.0 Å². The van der Waals surface area contributed by atoms with E-state index in [2.05, 4.69) is 6.07 Å². The maximum absolute atomic E-state index is 12.9. The fraction of sp³-hybridized carbons (Fsp3) is 0.368. The molecule has 128 valence electrons. The van der Waals surface area contributed by atoms with Gasteiger partial charge in [0.15, 0.2) is 0 Å². The van der Waals surface area contributed by atoms with Crippen molar-refractivity contribution in [1.29, 1.82) is 0 Å². The van der Waals surface area contributed by atoms with Crippen LogP contribution in [0.1, 0.15) is 28.3 Å². The van der Waals surface area contributed by atoms with Gasteiger partial charge in [0.1, 0.15) is 0 Å². The third-order valence-electron chi connectivity index (χ3n) is 4.62. The molecule has 5 heteroatoms. The fourth-order valence-electron chi connectivity index (χ4n) is 3.37. The van der Waals surface area contributed by atoms with Crippen LogP contribution >= 0.6 is 0 Å². The van der Waals surface area contributed by atoms with Crippen LogP contribution < -0.4 is 0 Å². The van der Waals surface area contributed by atoms with Crippen LogP contribution in [0, 0.1) is 6.92 Å². The summed E-state index contributed by atoms with van der Waals surface area (Å²) in [5.74, 6) is 0.00798. The highest BCUT2D eigenvalue weighted by Gasteiger charge is 2.36. The minimum atomic E-state index is -3.39. The normalized spacial score (nSPS) is 18.3. The van der Waals surface area contributed by atoms with Gasteiger partial charge in [-0.15, -0.1) is 0 Å². The maximum atomic E-state index is 12.9. The fourth-order valence-corrected chi connectivity index (χ4v) is 4.89. The van der Waals surface area contributed by atoms with Gasteiger partial charge in [-0.2, -0.15) is 4.31 Å². The van der Waals surface area contributed by atoms with Crippen molar-refractivity contribution in [3.8, 4) is 0 Å². The monoisotopic (exact) mass is 345 g/mol. The third kappa shape index (κ3) is 3.24. The molecule has 0 fully saturated rings. The Labute approximate surface area is 144 Å². The zero-order valence-corrected chi connectivity index (χ0v) is 14.9. The Morgan fingerprint density at radius 1 is 1.08 bits per heavy atom. The van der Waals surface area contributed by atoms with Crippen LogP contribution in [0.15, 0.2) is 48.5 Å². The molecule has 0 aliphatic carbocycles. The van der Waals surface area contributed by atoms with Crippen molar-refractivity contribution < 1.29 is 13.2 Å². The molecule has 0 bridgehead atoms. The first-order valence-electron chi connectivity index (χ1n) is 8.16. The number of sulfonamides is 1. The Balaban J connectivity index is 2.11. The lowest BCUT2D eigenvalue weighted by molar-refractivity contribution is 0.214. The van der Waals surface area contributed by atoms with Crippen molar-refractivity contribution >= 4 is 10.0 Å². The van der Waals surface area contributed by atoms with Gasteiger partial charge in [-0.1, -0.05) is 48.5 Å². The predicted molar refractivity (Wildman–Crippen MR) is 95.5 cm³/mol. The Bertz CT molecular complexity index is 817. The molecule has 4 nitrogen and oxygen atoms in total. The Kier molecular flexibility index (Phi) is 5.04. The molecule has 0 N–H and O–H groups in total. The van der Waals surface area contributed by atoms with Crippen molar-refractivity contribution in [2.24, 2.45) is 0 Å². The molecule has 0 saturated heterocycles. The summed E-state index contributed by atoms with van der Waals surface area (Å²) in [4.78, 5) is 0. The van der Waals surface area contributed by atoms with E-state index in [4.69, 9.17) is 4.74 Å². The molecular weight excluding hydrogens is 322 g/mol. The molecule has 1 aliphatic rings. The molecule has 0 aromatic heterocycles. The van der Waals surface area contributed by atoms with E-state index < -0.39 is 10.0 Å². The molecule has 3 rings (SSSR count). The minimum Gasteiger partial charge on any atom is -0.384 e. The lowest BCUT2D eigenvalue weighted by Crippen LogP contribution is -2.42. The van der Waals surface area contributed by atoms with Crippen LogP contribution in [0.2, 0.25) is 0 Å². The molecule has 0 amide bonds. The van der Waals surface area contributed by atoms with Crippen molar-refractivity contribution in [1.82, 2.24) is 4.31 Å². The van der Waals surface area contributed by atoms with Gasteiger partial charge < -0.3 is 4.74 Å². The highest BCUT2D eigenvalue weighted by Crippen LogP contribution is 2.38. The summed E-state index contributed by atoms with van der Waals surface area (Å²) in [6.07, 6.45) is 0.741. The van der Waals surface area contributed by atoms with Gasteiger partial charge in [0.25, 0.3) is 0 Å². The summed E-state index contributed by atoms with van der Waals surface area (Å²) < 4.78 is 32.4. The van der Waals surface area contributed by atoms with E-state index in [1.165, 1.54) is 12.7 Å². The van der Waals surface area contributed by atoms with Gasteiger partial charge in [0.05, 0.1) is 18.4 Å². The van der Waals surface area contributed by atoms with Crippen LogP contribution in [0.5, 0.6) is 0 Å². The van der Waals surface area contributed by atoms with E-state index in [9.17, 15) is 8.42 Å². The van der Waals surface area contributed by atoms with Crippen LogP contribution in [-0.2, 0) is 21.2 Å². The van der Waals surface area contributed by atoms with Gasteiger partial charge in [-0.25, -0.2) is 8.42 Å². The number of rotatable bonds is 5. The van der Waals surface area contributed by atoms with Crippen molar-refractivity contribution in [2.75, 3.05) is 26.0 Å². The van der Waals surface area contributed by atoms with Gasteiger partial charge in [-0.05, 0) is 35.6 Å². The molecule has 2 aromatic carbocycles. The molecule has 2 aromatic rings. The Hall–Kier alpha value is -1.69. The zero-order chi connectivity index (χ0) is 17.2. The average Bonchev–Trinajstić information content (AvgIpc) is 2.59. The molecule has 0 radical (unpaired) electrons. The summed E-state index contributed by atoms with van der Waals surface area (Å²) in [7, 11) is -1.87. The van der Waals surface area contributed by atoms with E-state index >= 15 is 0 Å². The largest absolute Gasteiger partial charge is 0.384 e. The van der Waals surface area contributed by atoms with E-state index in [-0.39, 0.29) is 18.4 Å². The molecule has 1 aliphatic heterocycles. The molecule has 0 saturated carbocycles. The number of methoxy groups -OCH3 is 1. The molecule has 24 heavy (non-hydrogen) atoms. The van der Waals surface area contributed by atoms with Crippen LogP contribution in [0.3, 0.4) is 0 Å². The molecule has 1 heterocycles. The predicted octanol–water partition coefficient (Wildman–Crippen LogP) is 2.92. The van der Waals surface area contributed by atoms with Gasteiger partial charge in [0, 0.05) is 13.7 Å². The van der Waals surface area contributed by atoms with E-state index in [1.807, 2.05) is 49.4 Å². The number of hydrogen-bond donors (Lipinski definition) is 0. The number of fused-ring (bicyclic) bond motifs is 1. The zero-order valence-electron chi connectivity index (χ0n) is 14.1. The second kappa shape index (κ2) is 7.05. The number of hydrogen-bond acceptors (Lipinski definition) is 3. The van der Waals surface area contributed by atoms with E-state index in [0.717, 1.165) is 23.1 Å². The first-order chi connectivity index (χ1) is 11.5. The summed E-state index contributed by atoms with van der Waals surface area (Å²) in [5.41, 5.74) is 4.46. The minimum absolute atomic E-state index is 0.00798. The summed E-state index contributed by atoms with van der Waals surface area (Å²) in [6.45, 7) is 2.75. The van der Waals surface area contributed by atoms with E-state index in [1.54, 1.807) is 4.31 Å². The van der Waals surface area contributed by atoms with Crippen molar-refractivity contribution in [3.63, 3.8) is 0 Å². The van der Waals surface area contributed by atoms with Crippen LogP contribution in [-0.4, -0.2) is 38.7 Å². The smallest absolute Gasteiger partial charge is 0.217 e. The standard InChI is InChI=1S/C19H23NO3S/c1-15-7-3-5-9-17(15)19-18-10-6-4-8-16(18)11-12-20(19)24(21,22)14-13-23-2/h3-10,19H,11-14H2,1-2H3. The number of benzene rings is 2. The van der Waals surface area contributed by atoms with Gasteiger partial charge in [-0.3, -0.25) is 0 Å². The molecule has 1 atom stereocenters. The second-order valence-corrected chi connectivity index (χ2v) is 8.17. The molecule has 0 spiro atoms. The third-order valence-corrected chi connectivity index (χ3v) is 6.42. The second-order valence-electron chi connectivity index (χ2n) is 6.13. The number of ether oxygens (including phenoxy) is 1. The maximum Gasteiger partial charge on any atom is 0.217 e. The van der Waals surface area contributed by atoms with Crippen molar-refractivity contribution in [2.45, 2.75) is 19.4 Å². The Morgan fingerprint density at radius 3 is 2.46 bits per heavy atom. The topological polar surface area (TPSA) is 46.6 Å². The quantitative estimate of drug-likeness (QED) is 0.837.